The Bertz CT molecular complexity index is 272. The summed E-state index contributed by atoms with van der Waals surface area (Å²) in [5.74, 6) is 0. The van der Waals surface area contributed by atoms with Crippen LogP contribution in [0.5, 0.6) is 0 Å². The Kier molecular flexibility index (Phi) is 8.47. The highest BCUT2D eigenvalue weighted by molar-refractivity contribution is 6.11. The first-order valence-electron chi connectivity index (χ1n) is 7.75. The minimum absolute atomic E-state index is 0.132. The molecule has 0 aromatic carbocycles. The summed E-state index contributed by atoms with van der Waals surface area (Å²) in [6.45, 7) is 1.10. The molecule has 4 radical (unpaired) electrons. The highest BCUT2D eigenvalue weighted by atomic mass is 16.2. The third-order valence-electron chi connectivity index (χ3n) is 3.60. The Morgan fingerprint density at radius 3 is 1.30 bits per heavy atom. The van der Waals surface area contributed by atoms with E-state index in [1.54, 1.807) is 0 Å². The zero-order valence-electron chi connectivity index (χ0n) is 12.4. The van der Waals surface area contributed by atoms with Crippen molar-refractivity contribution in [1.29, 1.82) is 0 Å². The molecule has 0 atom stereocenters. The van der Waals surface area contributed by atoms with Gasteiger partial charge in [0.2, 0.25) is 0 Å². The number of imide groups is 2. The standard InChI is InChI=1S/C14H24B2N2O2/c15-9-5-1-3-7-11-17-13(19)18(14(17)20)12-8-4-2-6-10-16/h1-12H2. The van der Waals surface area contributed by atoms with Gasteiger partial charge in [-0.05, 0) is 12.8 Å². The van der Waals surface area contributed by atoms with Crippen LogP contribution in [0.2, 0.25) is 12.6 Å². The lowest BCUT2D eigenvalue weighted by Crippen LogP contribution is -2.64. The number of hydrogen-bond donors (Lipinski definition) is 0. The molecule has 0 saturated carbocycles. The van der Waals surface area contributed by atoms with Crippen molar-refractivity contribution in [2.45, 2.75) is 64.0 Å². The van der Waals surface area contributed by atoms with Gasteiger partial charge in [0.05, 0.1) is 15.7 Å². The highest BCUT2D eigenvalue weighted by Crippen LogP contribution is 2.18. The molecule has 1 heterocycles. The van der Waals surface area contributed by atoms with E-state index in [0.717, 1.165) is 51.4 Å². The summed E-state index contributed by atoms with van der Waals surface area (Å²) in [5.41, 5.74) is 0. The molecule has 0 N–H and O–H groups in total. The fourth-order valence-electron chi connectivity index (χ4n) is 2.33. The molecular formula is C14H24B2N2O2. The van der Waals surface area contributed by atoms with Crippen LogP contribution in [0.1, 0.15) is 51.4 Å². The molecular weight excluding hydrogens is 250 g/mol. The summed E-state index contributed by atoms with van der Waals surface area (Å²) in [4.78, 5) is 26.3. The maximum Gasteiger partial charge on any atom is 0.336 e. The van der Waals surface area contributed by atoms with Crippen LogP contribution < -0.4 is 0 Å². The second-order valence-corrected chi connectivity index (χ2v) is 5.27. The zero-order chi connectivity index (χ0) is 14.8. The number of urea groups is 2. The van der Waals surface area contributed by atoms with Crippen molar-refractivity contribution >= 4 is 27.8 Å². The number of amides is 4. The normalized spacial score (nSPS) is 14.8. The van der Waals surface area contributed by atoms with Gasteiger partial charge in [0.1, 0.15) is 0 Å². The van der Waals surface area contributed by atoms with E-state index in [2.05, 4.69) is 0 Å². The molecule has 20 heavy (non-hydrogen) atoms. The van der Waals surface area contributed by atoms with Crippen molar-refractivity contribution in [3.8, 4) is 0 Å². The molecule has 1 aliphatic rings. The van der Waals surface area contributed by atoms with E-state index in [9.17, 15) is 9.59 Å². The van der Waals surface area contributed by atoms with Gasteiger partial charge in [-0.2, -0.15) is 0 Å². The average molecular weight is 274 g/mol. The smallest absolute Gasteiger partial charge is 0.247 e. The van der Waals surface area contributed by atoms with Crippen molar-refractivity contribution in [2.24, 2.45) is 0 Å². The van der Waals surface area contributed by atoms with Gasteiger partial charge in [-0.15, -0.1) is 0 Å². The number of unbranched alkanes of at least 4 members (excludes halogenated alkanes) is 6. The molecule has 6 heteroatoms. The van der Waals surface area contributed by atoms with Gasteiger partial charge in [-0.3, -0.25) is 0 Å². The predicted molar refractivity (Wildman–Crippen MR) is 82.3 cm³/mol. The molecule has 0 spiro atoms. The quantitative estimate of drug-likeness (QED) is 0.405. The number of nitrogens with zero attached hydrogens (tertiary/aromatic N) is 2. The van der Waals surface area contributed by atoms with Gasteiger partial charge >= 0.3 is 12.1 Å². The largest absolute Gasteiger partial charge is 0.336 e. The molecule has 0 aromatic rings. The monoisotopic (exact) mass is 274 g/mol. The summed E-state index contributed by atoms with van der Waals surface area (Å²) in [6.07, 6.45) is 9.37. The summed E-state index contributed by atoms with van der Waals surface area (Å²) < 4.78 is 0. The van der Waals surface area contributed by atoms with Crippen LogP contribution in [0.15, 0.2) is 0 Å². The van der Waals surface area contributed by atoms with E-state index in [-0.39, 0.29) is 12.1 Å². The van der Waals surface area contributed by atoms with Crippen molar-refractivity contribution in [2.75, 3.05) is 13.1 Å². The Morgan fingerprint density at radius 2 is 0.950 bits per heavy atom. The zero-order valence-corrected chi connectivity index (χ0v) is 12.4. The van der Waals surface area contributed by atoms with Gasteiger partial charge in [-0.25, -0.2) is 19.4 Å². The number of hydrogen-bond acceptors (Lipinski definition) is 2. The van der Waals surface area contributed by atoms with Crippen LogP contribution >= 0.6 is 0 Å². The van der Waals surface area contributed by atoms with Crippen LogP contribution in [-0.4, -0.2) is 50.6 Å². The first-order valence-corrected chi connectivity index (χ1v) is 7.75. The van der Waals surface area contributed by atoms with Crippen LogP contribution in [0.4, 0.5) is 9.59 Å². The number of carbonyl (C=O) groups is 2. The van der Waals surface area contributed by atoms with Crippen molar-refractivity contribution < 1.29 is 9.59 Å². The van der Waals surface area contributed by atoms with Crippen LogP contribution in [0.3, 0.4) is 0 Å². The molecule has 4 nitrogen and oxygen atoms in total. The van der Waals surface area contributed by atoms with E-state index in [0.29, 0.717) is 25.7 Å². The van der Waals surface area contributed by atoms with Crippen LogP contribution in [-0.2, 0) is 0 Å². The lowest BCUT2D eigenvalue weighted by Gasteiger charge is -2.39. The van der Waals surface area contributed by atoms with Crippen molar-refractivity contribution in [3.05, 3.63) is 0 Å². The van der Waals surface area contributed by atoms with Crippen molar-refractivity contribution in [3.63, 3.8) is 0 Å². The highest BCUT2D eigenvalue weighted by Gasteiger charge is 2.42. The molecule has 0 bridgehead atoms. The molecule has 1 saturated heterocycles. The minimum Gasteiger partial charge on any atom is -0.247 e. The van der Waals surface area contributed by atoms with E-state index in [1.165, 1.54) is 9.80 Å². The van der Waals surface area contributed by atoms with Crippen molar-refractivity contribution in [1.82, 2.24) is 9.80 Å². The summed E-state index contributed by atoms with van der Waals surface area (Å²) in [5, 5.41) is 0. The number of rotatable bonds is 12. The summed E-state index contributed by atoms with van der Waals surface area (Å²) in [7, 11) is 10.8. The molecule has 0 unspecified atom stereocenters. The summed E-state index contributed by atoms with van der Waals surface area (Å²) >= 11 is 0. The van der Waals surface area contributed by atoms with Crippen LogP contribution in [0, 0.1) is 0 Å². The van der Waals surface area contributed by atoms with Crippen LogP contribution in [0.25, 0.3) is 0 Å². The SMILES string of the molecule is [B]CCCCCCN1C(=O)N(CCCCCC[B])C1=O. The lowest BCUT2D eigenvalue weighted by molar-refractivity contribution is 0.104. The molecule has 1 fully saturated rings. The first-order chi connectivity index (χ1) is 9.72. The Morgan fingerprint density at radius 1 is 0.600 bits per heavy atom. The third kappa shape index (κ3) is 5.22. The van der Waals surface area contributed by atoms with Gasteiger partial charge in [0, 0.05) is 13.1 Å². The van der Waals surface area contributed by atoms with E-state index < -0.39 is 0 Å². The van der Waals surface area contributed by atoms with Gasteiger partial charge in [-0.1, -0.05) is 51.2 Å². The predicted octanol–water partition coefficient (Wildman–Crippen LogP) is 3.14. The lowest BCUT2D eigenvalue weighted by atomic mass is 9.99. The summed E-state index contributed by atoms with van der Waals surface area (Å²) in [6, 6.07) is -0.264. The van der Waals surface area contributed by atoms with Gasteiger partial charge in [0.15, 0.2) is 0 Å². The molecule has 0 aromatic heterocycles. The van der Waals surface area contributed by atoms with E-state index in [1.807, 2.05) is 0 Å². The average Bonchev–Trinajstić information content (AvgIpc) is 2.46. The second kappa shape index (κ2) is 9.89. The number of carbonyl (C=O) groups excluding carboxylic acids is 2. The Hall–Kier alpha value is -0.930. The molecule has 0 aliphatic carbocycles. The van der Waals surface area contributed by atoms with E-state index in [4.69, 9.17) is 15.7 Å². The Balaban J connectivity index is 2.09. The van der Waals surface area contributed by atoms with Gasteiger partial charge in [0.25, 0.3) is 0 Å². The third-order valence-corrected chi connectivity index (χ3v) is 3.60. The second-order valence-electron chi connectivity index (χ2n) is 5.27. The Labute approximate surface area is 125 Å². The maximum absolute atomic E-state index is 11.8. The fraction of sp³-hybridized carbons (Fsp3) is 0.857. The molecule has 4 amide bonds. The topological polar surface area (TPSA) is 40.6 Å². The fourth-order valence-corrected chi connectivity index (χ4v) is 2.33. The molecule has 108 valence electrons. The van der Waals surface area contributed by atoms with Gasteiger partial charge < -0.3 is 0 Å². The first kappa shape index (κ1) is 17.1. The van der Waals surface area contributed by atoms with E-state index >= 15 is 0 Å². The molecule has 1 aliphatic heterocycles. The minimum atomic E-state index is -0.132. The molecule has 1 rings (SSSR count). The maximum atomic E-state index is 11.8.